The Kier molecular flexibility index (Phi) is 5.97. The molecule has 150 valence electrons. The lowest BCUT2D eigenvalue weighted by Gasteiger charge is -2.22. The second-order valence-corrected chi connectivity index (χ2v) is 8.66. The number of benzene rings is 1. The van der Waals surface area contributed by atoms with E-state index in [1.165, 1.54) is 12.1 Å². The maximum absolute atomic E-state index is 12.9. The molecule has 9 heteroatoms. The molecule has 0 bridgehead atoms. The van der Waals surface area contributed by atoms with Crippen molar-refractivity contribution in [2.45, 2.75) is 44.2 Å². The molecule has 8 nitrogen and oxygen atoms in total. The summed E-state index contributed by atoms with van der Waals surface area (Å²) in [7, 11) is -3.83. The molecule has 0 radical (unpaired) electrons. The molecule has 1 aliphatic heterocycles. The number of carbonyl (C=O) groups is 1. The van der Waals surface area contributed by atoms with Gasteiger partial charge >= 0.3 is 0 Å². The van der Waals surface area contributed by atoms with E-state index in [4.69, 9.17) is 9.94 Å². The highest BCUT2D eigenvalue weighted by molar-refractivity contribution is 7.89. The van der Waals surface area contributed by atoms with Crippen molar-refractivity contribution in [3.05, 3.63) is 53.3 Å². The van der Waals surface area contributed by atoms with Gasteiger partial charge in [-0.25, -0.2) is 13.9 Å². The number of nitrogens with zero attached hydrogens (tertiary/aromatic N) is 2. The first-order chi connectivity index (χ1) is 13.3. The van der Waals surface area contributed by atoms with Crippen molar-refractivity contribution >= 4 is 15.9 Å². The van der Waals surface area contributed by atoms with Gasteiger partial charge in [0.05, 0.1) is 4.90 Å². The van der Waals surface area contributed by atoms with Crippen molar-refractivity contribution in [2.24, 2.45) is 0 Å². The van der Waals surface area contributed by atoms with Crippen molar-refractivity contribution in [3.8, 4) is 5.75 Å². The fraction of sp³-hybridized carbons (Fsp3) is 0.368. The fourth-order valence-electron chi connectivity index (χ4n) is 3.30. The van der Waals surface area contributed by atoms with Crippen LogP contribution in [0.1, 0.15) is 29.8 Å². The molecule has 1 saturated heterocycles. The number of aromatic nitrogens is 1. The van der Waals surface area contributed by atoms with Crippen molar-refractivity contribution < 1.29 is 23.2 Å². The summed E-state index contributed by atoms with van der Waals surface area (Å²) in [6, 6.07) is 9.16. The molecule has 2 N–H and O–H groups in total. The standard InChI is InChI=1S/C19H23N3O5S/c1-13-10-16(11-14(2)20-13)27-12-15-5-7-17(8-6-15)28(25,26)22-9-3-4-18(22)19(23)21-24/h5-8,10-11,18,24H,3-4,9,12H2,1-2H3,(H,21,23). The summed E-state index contributed by atoms with van der Waals surface area (Å²) in [6.07, 6.45) is 0.941. The minimum Gasteiger partial charge on any atom is -0.489 e. The van der Waals surface area contributed by atoms with E-state index in [0.29, 0.717) is 25.2 Å². The van der Waals surface area contributed by atoms with Gasteiger partial charge in [0.25, 0.3) is 5.91 Å². The molecule has 1 unspecified atom stereocenters. The second kappa shape index (κ2) is 8.26. The molecule has 0 spiro atoms. The Hall–Kier alpha value is -2.49. The summed E-state index contributed by atoms with van der Waals surface area (Å²) in [5, 5.41) is 8.83. The minimum atomic E-state index is -3.83. The van der Waals surface area contributed by atoms with Crippen molar-refractivity contribution in [1.29, 1.82) is 0 Å². The predicted octanol–water partition coefficient (Wildman–Crippen LogP) is 1.94. The average Bonchev–Trinajstić information content (AvgIpc) is 3.16. The van der Waals surface area contributed by atoms with Gasteiger partial charge in [0.2, 0.25) is 10.0 Å². The number of sulfonamides is 1. The largest absolute Gasteiger partial charge is 0.489 e. The van der Waals surface area contributed by atoms with Crippen LogP contribution >= 0.6 is 0 Å². The first kappa shape index (κ1) is 20.2. The number of carbonyl (C=O) groups excluding carboxylic acids is 1. The third-order valence-corrected chi connectivity index (χ3v) is 6.53. The molecule has 3 rings (SSSR count). The Morgan fingerprint density at radius 1 is 1.25 bits per heavy atom. The average molecular weight is 405 g/mol. The summed E-state index contributed by atoms with van der Waals surface area (Å²) >= 11 is 0. The van der Waals surface area contributed by atoms with Crippen LogP contribution in [0.4, 0.5) is 0 Å². The molecule has 28 heavy (non-hydrogen) atoms. The van der Waals surface area contributed by atoms with Crippen LogP contribution in [0.25, 0.3) is 0 Å². The third-order valence-electron chi connectivity index (χ3n) is 4.61. The van der Waals surface area contributed by atoms with Crippen molar-refractivity contribution in [2.75, 3.05) is 6.54 Å². The molecule has 2 heterocycles. The lowest BCUT2D eigenvalue weighted by Crippen LogP contribution is -2.44. The maximum Gasteiger partial charge on any atom is 0.261 e. The number of hydrogen-bond acceptors (Lipinski definition) is 6. The van der Waals surface area contributed by atoms with Gasteiger partial charge in [-0.1, -0.05) is 12.1 Å². The lowest BCUT2D eigenvalue weighted by molar-refractivity contribution is -0.132. The van der Waals surface area contributed by atoms with Gasteiger partial charge in [-0.15, -0.1) is 0 Å². The zero-order valence-electron chi connectivity index (χ0n) is 15.8. The van der Waals surface area contributed by atoms with Gasteiger partial charge < -0.3 is 4.74 Å². The summed E-state index contributed by atoms with van der Waals surface area (Å²) in [6.45, 7) is 4.32. The quantitative estimate of drug-likeness (QED) is 0.562. The highest BCUT2D eigenvalue weighted by Crippen LogP contribution is 2.26. The monoisotopic (exact) mass is 405 g/mol. The van der Waals surface area contributed by atoms with Crippen LogP contribution in [-0.4, -0.2) is 41.4 Å². The zero-order chi connectivity index (χ0) is 20.3. The SMILES string of the molecule is Cc1cc(OCc2ccc(S(=O)(=O)N3CCCC3C(=O)NO)cc2)cc(C)n1. The number of ether oxygens (including phenoxy) is 1. The third kappa shape index (κ3) is 4.32. The van der Waals surface area contributed by atoms with Crippen LogP contribution in [0.2, 0.25) is 0 Å². The fourth-order valence-corrected chi connectivity index (χ4v) is 4.96. The van der Waals surface area contributed by atoms with Crippen LogP contribution in [0, 0.1) is 13.8 Å². The number of rotatable bonds is 6. The van der Waals surface area contributed by atoms with Crippen LogP contribution in [-0.2, 0) is 21.4 Å². The Balaban J connectivity index is 1.72. The second-order valence-electron chi connectivity index (χ2n) is 6.77. The van der Waals surface area contributed by atoms with Gasteiger partial charge in [-0.05, 0) is 44.4 Å². The van der Waals surface area contributed by atoms with Crippen LogP contribution in [0.5, 0.6) is 5.75 Å². The Morgan fingerprint density at radius 2 is 1.89 bits per heavy atom. The molecule has 0 aliphatic carbocycles. The molecular weight excluding hydrogens is 382 g/mol. The molecular formula is C19H23N3O5S. The van der Waals surface area contributed by atoms with Gasteiger partial charge in [0.1, 0.15) is 18.4 Å². The molecule has 2 aromatic rings. The first-order valence-corrected chi connectivity index (χ1v) is 10.4. The van der Waals surface area contributed by atoms with E-state index in [2.05, 4.69) is 4.98 Å². The number of aryl methyl sites for hydroxylation is 2. The van der Waals surface area contributed by atoms with Gasteiger partial charge in [-0.3, -0.25) is 15.0 Å². The number of pyridine rings is 1. The van der Waals surface area contributed by atoms with Crippen molar-refractivity contribution in [3.63, 3.8) is 0 Å². The summed E-state index contributed by atoms with van der Waals surface area (Å²) in [4.78, 5) is 16.1. The molecule has 0 saturated carbocycles. The zero-order valence-corrected chi connectivity index (χ0v) is 16.6. The van der Waals surface area contributed by atoms with E-state index in [1.54, 1.807) is 17.6 Å². The number of hydroxylamine groups is 1. The summed E-state index contributed by atoms with van der Waals surface area (Å²) < 4.78 is 32.6. The Bertz CT molecular complexity index is 940. The van der Waals surface area contributed by atoms with E-state index < -0.39 is 22.0 Å². The van der Waals surface area contributed by atoms with E-state index >= 15 is 0 Å². The molecule has 1 aliphatic rings. The van der Waals surface area contributed by atoms with Gasteiger partial charge in [0.15, 0.2) is 0 Å². The molecule has 1 fully saturated rings. The Labute approximate surface area is 164 Å². The number of amides is 1. The molecule has 1 aromatic carbocycles. The van der Waals surface area contributed by atoms with Gasteiger partial charge in [0, 0.05) is 30.1 Å². The maximum atomic E-state index is 12.9. The smallest absolute Gasteiger partial charge is 0.261 e. The van der Waals surface area contributed by atoms with Crippen LogP contribution in [0.3, 0.4) is 0 Å². The first-order valence-electron chi connectivity index (χ1n) is 8.94. The molecule has 1 atom stereocenters. The molecule has 1 aromatic heterocycles. The van der Waals surface area contributed by atoms with Crippen LogP contribution in [0.15, 0.2) is 41.3 Å². The predicted molar refractivity (Wildman–Crippen MR) is 101 cm³/mol. The summed E-state index contributed by atoms with van der Waals surface area (Å²) in [5.41, 5.74) is 4.09. The topological polar surface area (TPSA) is 109 Å². The highest BCUT2D eigenvalue weighted by Gasteiger charge is 2.39. The normalized spacial score (nSPS) is 17.5. The van der Waals surface area contributed by atoms with Gasteiger partial charge in [-0.2, -0.15) is 4.31 Å². The van der Waals surface area contributed by atoms with E-state index in [0.717, 1.165) is 21.3 Å². The minimum absolute atomic E-state index is 0.101. The Morgan fingerprint density at radius 3 is 2.50 bits per heavy atom. The van der Waals surface area contributed by atoms with E-state index in [9.17, 15) is 13.2 Å². The van der Waals surface area contributed by atoms with E-state index in [1.807, 2.05) is 26.0 Å². The van der Waals surface area contributed by atoms with E-state index in [-0.39, 0.29) is 11.4 Å². The van der Waals surface area contributed by atoms with Crippen molar-refractivity contribution in [1.82, 2.24) is 14.8 Å². The van der Waals surface area contributed by atoms with Crippen LogP contribution < -0.4 is 10.2 Å². The highest BCUT2D eigenvalue weighted by atomic mass is 32.2. The molecule has 1 amide bonds. The lowest BCUT2D eigenvalue weighted by atomic mass is 10.2. The number of nitrogens with one attached hydrogen (secondary N) is 1. The number of hydrogen-bond donors (Lipinski definition) is 2. The summed E-state index contributed by atoms with van der Waals surface area (Å²) in [5.74, 6) is -0.00865.